The maximum absolute atomic E-state index is 4.82. The number of rotatable bonds is 7. The molecule has 2 rings (SSSR count). The molecular formula is C15H28N4. The minimum atomic E-state index is 0.676. The number of nitrogens with one attached hydrogen (secondary N) is 1. The number of nitrogens with zero attached hydrogens (tertiary/aromatic N) is 3. The lowest BCUT2D eigenvalue weighted by Crippen LogP contribution is -2.25. The second kappa shape index (κ2) is 6.94. The average Bonchev–Trinajstić information content (AvgIpc) is 3.07. The maximum atomic E-state index is 4.82. The lowest BCUT2D eigenvalue weighted by Gasteiger charge is -2.22. The number of anilines is 1. The zero-order chi connectivity index (χ0) is 13.7. The Bertz CT molecular complexity index is 379. The quantitative estimate of drug-likeness (QED) is 0.769. The fraction of sp³-hybridized carbons (Fsp3) is 0.800. The second-order valence-corrected chi connectivity index (χ2v) is 5.61. The molecule has 0 unspecified atom stereocenters. The van der Waals surface area contributed by atoms with Gasteiger partial charge in [0.15, 0.2) is 0 Å². The van der Waals surface area contributed by atoms with E-state index >= 15 is 0 Å². The SMILES string of the molecule is CCc1cn(C2CCCC2)c(N(C)CCCNC)n1. The van der Waals surface area contributed by atoms with Crippen LogP contribution in [0.1, 0.15) is 50.8 Å². The van der Waals surface area contributed by atoms with Gasteiger partial charge in [-0.15, -0.1) is 0 Å². The molecule has 0 radical (unpaired) electrons. The summed E-state index contributed by atoms with van der Waals surface area (Å²) in [5.74, 6) is 1.17. The highest BCUT2D eigenvalue weighted by atomic mass is 15.3. The summed E-state index contributed by atoms with van der Waals surface area (Å²) >= 11 is 0. The summed E-state index contributed by atoms with van der Waals surface area (Å²) in [7, 11) is 4.18. The highest BCUT2D eigenvalue weighted by molar-refractivity contribution is 5.33. The molecule has 0 amide bonds. The van der Waals surface area contributed by atoms with Gasteiger partial charge in [0.25, 0.3) is 0 Å². The van der Waals surface area contributed by atoms with Gasteiger partial charge < -0.3 is 14.8 Å². The molecular weight excluding hydrogens is 236 g/mol. The highest BCUT2D eigenvalue weighted by Gasteiger charge is 2.22. The van der Waals surface area contributed by atoms with E-state index in [0.717, 1.165) is 25.9 Å². The standard InChI is InChI=1S/C15H28N4/c1-4-13-12-19(14-8-5-6-9-14)15(17-13)18(3)11-7-10-16-2/h12,14,16H,4-11H2,1-3H3. The van der Waals surface area contributed by atoms with E-state index in [-0.39, 0.29) is 0 Å². The van der Waals surface area contributed by atoms with E-state index in [2.05, 4.69) is 35.0 Å². The number of hydrogen-bond donors (Lipinski definition) is 1. The fourth-order valence-corrected chi connectivity index (χ4v) is 2.93. The largest absolute Gasteiger partial charge is 0.345 e. The summed E-state index contributed by atoms with van der Waals surface area (Å²) in [6.07, 6.45) is 9.83. The first-order valence-electron chi connectivity index (χ1n) is 7.69. The van der Waals surface area contributed by atoms with E-state index in [4.69, 9.17) is 4.98 Å². The third kappa shape index (κ3) is 3.50. The lowest BCUT2D eigenvalue weighted by atomic mass is 10.2. The van der Waals surface area contributed by atoms with Crippen molar-refractivity contribution in [2.24, 2.45) is 0 Å². The predicted octanol–water partition coefficient (Wildman–Crippen LogP) is 2.61. The first-order valence-corrected chi connectivity index (χ1v) is 7.69. The molecule has 1 aliphatic rings. The normalized spacial score (nSPS) is 16.2. The van der Waals surface area contributed by atoms with E-state index < -0.39 is 0 Å². The van der Waals surface area contributed by atoms with E-state index in [1.807, 2.05) is 7.05 Å². The zero-order valence-electron chi connectivity index (χ0n) is 12.7. The Balaban J connectivity index is 2.10. The molecule has 0 atom stereocenters. The molecule has 1 saturated carbocycles. The molecule has 1 heterocycles. The van der Waals surface area contributed by atoms with Crippen LogP contribution in [0.3, 0.4) is 0 Å². The summed E-state index contributed by atoms with van der Waals surface area (Å²) in [4.78, 5) is 7.13. The van der Waals surface area contributed by atoms with Crippen molar-refractivity contribution in [3.8, 4) is 0 Å². The highest BCUT2D eigenvalue weighted by Crippen LogP contribution is 2.33. The Morgan fingerprint density at radius 3 is 2.79 bits per heavy atom. The van der Waals surface area contributed by atoms with Crippen molar-refractivity contribution < 1.29 is 0 Å². The van der Waals surface area contributed by atoms with Crippen LogP contribution in [0.25, 0.3) is 0 Å². The molecule has 1 N–H and O–H groups in total. The summed E-state index contributed by atoms with van der Waals surface area (Å²) in [5.41, 5.74) is 1.22. The van der Waals surface area contributed by atoms with Crippen LogP contribution in [0.4, 0.5) is 5.95 Å². The van der Waals surface area contributed by atoms with Crippen molar-refractivity contribution in [2.45, 2.75) is 51.5 Å². The molecule has 0 spiro atoms. The Morgan fingerprint density at radius 1 is 1.42 bits per heavy atom. The molecule has 1 fully saturated rings. The third-order valence-electron chi connectivity index (χ3n) is 4.10. The Hall–Kier alpha value is -1.03. The molecule has 0 aromatic carbocycles. The van der Waals surface area contributed by atoms with E-state index in [1.165, 1.54) is 37.3 Å². The summed E-state index contributed by atoms with van der Waals surface area (Å²) in [6, 6.07) is 0.676. The van der Waals surface area contributed by atoms with Crippen LogP contribution in [-0.4, -0.2) is 36.7 Å². The minimum absolute atomic E-state index is 0.676. The molecule has 0 bridgehead atoms. The monoisotopic (exact) mass is 264 g/mol. The number of hydrogen-bond acceptors (Lipinski definition) is 3. The van der Waals surface area contributed by atoms with Crippen molar-refractivity contribution in [1.82, 2.24) is 14.9 Å². The zero-order valence-corrected chi connectivity index (χ0v) is 12.7. The van der Waals surface area contributed by atoms with Crippen molar-refractivity contribution in [3.05, 3.63) is 11.9 Å². The van der Waals surface area contributed by atoms with Gasteiger partial charge in [-0.2, -0.15) is 0 Å². The Morgan fingerprint density at radius 2 is 2.16 bits per heavy atom. The molecule has 4 heteroatoms. The number of imidazole rings is 1. The lowest BCUT2D eigenvalue weighted by molar-refractivity contribution is 0.514. The van der Waals surface area contributed by atoms with Crippen LogP contribution in [0, 0.1) is 0 Å². The molecule has 4 nitrogen and oxygen atoms in total. The van der Waals surface area contributed by atoms with Crippen molar-refractivity contribution in [1.29, 1.82) is 0 Å². The molecule has 19 heavy (non-hydrogen) atoms. The Kier molecular flexibility index (Phi) is 5.25. The van der Waals surface area contributed by atoms with Crippen LogP contribution < -0.4 is 10.2 Å². The minimum Gasteiger partial charge on any atom is -0.345 e. The van der Waals surface area contributed by atoms with Crippen LogP contribution in [0.15, 0.2) is 6.20 Å². The molecule has 108 valence electrons. The van der Waals surface area contributed by atoms with Crippen LogP contribution in [0.2, 0.25) is 0 Å². The van der Waals surface area contributed by atoms with Crippen LogP contribution >= 0.6 is 0 Å². The fourth-order valence-electron chi connectivity index (χ4n) is 2.93. The van der Waals surface area contributed by atoms with Gasteiger partial charge in [-0.05, 0) is 39.3 Å². The van der Waals surface area contributed by atoms with E-state index in [0.29, 0.717) is 6.04 Å². The van der Waals surface area contributed by atoms with E-state index in [1.54, 1.807) is 0 Å². The second-order valence-electron chi connectivity index (χ2n) is 5.61. The Labute approximate surface area is 117 Å². The topological polar surface area (TPSA) is 33.1 Å². The first kappa shape index (κ1) is 14.4. The average molecular weight is 264 g/mol. The molecule has 1 aromatic heterocycles. The van der Waals surface area contributed by atoms with Crippen molar-refractivity contribution in [3.63, 3.8) is 0 Å². The molecule has 0 aliphatic heterocycles. The summed E-state index contributed by atoms with van der Waals surface area (Å²) in [5, 5.41) is 3.21. The molecule has 1 aromatic rings. The van der Waals surface area contributed by atoms with Crippen LogP contribution in [-0.2, 0) is 6.42 Å². The smallest absolute Gasteiger partial charge is 0.205 e. The van der Waals surface area contributed by atoms with Crippen LogP contribution in [0.5, 0.6) is 0 Å². The number of aryl methyl sites for hydroxylation is 1. The van der Waals surface area contributed by atoms with Gasteiger partial charge in [0.1, 0.15) is 0 Å². The van der Waals surface area contributed by atoms with Gasteiger partial charge in [-0.3, -0.25) is 0 Å². The summed E-state index contributed by atoms with van der Waals surface area (Å²) < 4.78 is 2.44. The van der Waals surface area contributed by atoms with Gasteiger partial charge >= 0.3 is 0 Å². The van der Waals surface area contributed by atoms with Crippen molar-refractivity contribution >= 4 is 5.95 Å². The summed E-state index contributed by atoms with van der Waals surface area (Å²) in [6.45, 7) is 4.31. The molecule has 0 saturated heterocycles. The van der Waals surface area contributed by atoms with Gasteiger partial charge in [-0.1, -0.05) is 19.8 Å². The van der Waals surface area contributed by atoms with Gasteiger partial charge in [-0.25, -0.2) is 4.98 Å². The van der Waals surface area contributed by atoms with Gasteiger partial charge in [0, 0.05) is 25.8 Å². The first-order chi connectivity index (χ1) is 9.26. The van der Waals surface area contributed by atoms with E-state index in [9.17, 15) is 0 Å². The van der Waals surface area contributed by atoms with Gasteiger partial charge in [0.05, 0.1) is 5.69 Å². The van der Waals surface area contributed by atoms with Gasteiger partial charge in [0.2, 0.25) is 5.95 Å². The van der Waals surface area contributed by atoms with Crippen molar-refractivity contribution in [2.75, 3.05) is 32.1 Å². The number of aromatic nitrogens is 2. The predicted molar refractivity (Wildman–Crippen MR) is 80.9 cm³/mol. The third-order valence-corrected chi connectivity index (χ3v) is 4.10. The molecule has 1 aliphatic carbocycles. The maximum Gasteiger partial charge on any atom is 0.205 e.